The highest BCUT2D eigenvalue weighted by Gasteiger charge is 2.12. The molecule has 20 heavy (non-hydrogen) atoms. The zero-order valence-electron chi connectivity index (χ0n) is 12.7. The van der Waals surface area contributed by atoms with Gasteiger partial charge in [0.15, 0.2) is 6.61 Å². The van der Waals surface area contributed by atoms with E-state index in [0.717, 1.165) is 31.7 Å². The summed E-state index contributed by atoms with van der Waals surface area (Å²) >= 11 is 0. The maximum Gasteiger partial charge on any atom is 0.260 e. The van der Waals surface area contributed by atoms with E-state index in [4.69, 9.17) is 9.47 Å². The molecule has 0 aromatic heterocycles. The summed E-state index contributed by atoms with van der Waals surface area (Å²) in [6, 6.07) is 7.37. The molecule has 0 bridgehead atoms. The van der Waals surface area contributed by atoms with Gasteiger partial charge in [-0.15, -0.1) is 0 Å². The van der Waals surface area contributed by atoms with Crippen LogP contribution >= 0.6 is 0 Å². The Labute approximate surface area is 121 Å². The van der Waals surface area contributed by atoms with E-state index >= 15 is 0 Å². The first kappa shape index (κ1) is 16.3. The van der Waals surface area contributed by atoms with Crippen LogP contribution in [-0.4, -0.2) is 37.1 Å². The van der Waals surface area contributed by atoms with Gasteiger partial charge in [0.1, 0.15) is 11.5 Å². The summed E-state index contributed by atoms with van der Waals surface area (Å²) < 4.78 is 11.0. The lowest BCUT2D eigenvalue weighted by atomic mass is 10.3. The van der Waals surface area contributed by atoms with E-state index in [0.29, 0.717) is 12.4 Å². The summed E-state index contributed by atoms with van der Waals surface area (Å²) in [6.45, 7) is 8.35. The Hall–Kier alpha value is -1.71. The van der Waals surface area contributed by atoms with Crippen molar-refractivity contribution in [3.63, 3.8) is 0 Å². The lowest BCUT2D eigenvalue weighted by Crippen LogP contribution is -2.36. The molecule has 0 spiro atoms. The monoisotopic (exact) mass is 279 g/mol. The van der Waals surface area contributed by atoms with E-state index in [1.54, 1.807) is 6.07 Å². The molecule has 0 saturated heterocycles. The molecule has 0 fully saturated rings. The molecule has 0 saturated carbocycles. The van der Waals surface area contributed by atoms with Gasteiger partial charge in [-0.3, -0.25) is 4.79 Å². The van der Waals surface area contributed by atoms with Crippen molar-refractivity contribution in [2.75, 3.05) is 26.3 Å². The number of ether oxygens (including phenoxy) is 2. The lowest BCUT2D eigenvalue weighted by Gasteiger charge is -2.21. The fourth-order valence-electron chi connectivity index (χ4n) is 1.96. The number of carbonyl (C=O) groups excluding carboxylic acids is 1. The van der Waals surface area contributed by atoms with Crippen LogP contribution in [0.5, 0.6) is 11.5 Å². The van der Waals surface area contributed by atoms with Gasteiger partial charge in [0.2, 0.25) is 0 Å². The predicted octanol–water partition coefficient (Wildman–Crippen LogP) is 3.11. The second kappa shape index (κ2) is 9.23. The van der Waals surface area contributed by atoms with Gasteiger partial charge in [0, 0.05) is 19.2 Å². The van der Waals surface area contributed by atoms with Crippen LogP contribution in [0.3, 0.4) is 0 Å². The van der Waals surface area contributed by atoms with Crippen LogP contribution in [0.25, 0.3) is 0 Å². The first-order valence-corrected chi connectivity index (χ1v) is 7.34. The minimum Gasteiger partial charge on any atom is -0.494 e. The summed E-state index contributed by atoms with van der Waals surface area (Å²) in [5, 5.41) is 0. The van der Waals surface area contributed by atoms with Crippen LogP contribution in [0.4, 0.5) is 0 Å². The van der Waals surface area contributed by atoms with E-state index in [9.17, 15) is 4.79 Å². The fourth-order valence-corrected chi connectivity index (χ4v) is 1.96. The summed E-state index contributed by atoms with van der Waals surface area (Å²) in [4.78, 5) is 13.9. The van der Waals surface area contributed by atoms with E-state index < -0.39 is 0 Å². The molecule has 1 amide bonds. The second-order valence-electron chi connectivity index (χ2n) is 4.58. The molecule has 0 aliphatic rings. The van der Waals surface area contributed by atoms with E-state index in [1.807, 2.05) is 30.0 Å². The number of carbonyl (C=O) groups is 1. The number of hydrogen-bond acceptors (Lipinski definition) is 3. The second-order valence-corrected chi connectivity index (χ2v) is 4.58. The molecular weight excluding hydrogens is 254 g/mol. The van der Waals surface area contributed by atoms with Gasteiger partial charge in [0.25, 0.3) is 5.91 Å². The largest absolute Gasteiger partial charge is 0.494 e. The molecule has 0 unspecified atom stereocenters. The third-order valence-corrected chi connectivity index (χ3v) is 2.82. The maximum absolute atomic E-state index is 12.1. The van der Waals surface area contributed by atoms with Crippen LogP contribution < -0.4 is 9.47 Å². The van der Waals surface area contributed by atoms with Gasteiger partial charge < -0.3 is 14.4 Å². The molecule has 1 rings (SSSR count). The Bertz CT molecular complexity index is 400. The molecule has 112 valence electrons. The molecule has 0 aliphatic carbocycles. The van der Waals surface area contributed by atoms with Gasteiger partial charge in [-0.2, -0.15) is 0 Å². The lowest BCUT2D eigenvalue weighted by molar-refractivity contribution is -0.133. The maximum atomic E-state index is 12.1. The molecule has 0 atom stereocenters. The van der Waals surface area contributed by atoms with Crippen LogP contribution in [0.1, 0.15) is 33.6 Å². The predicted molar refractivity (Wildman–Crippen MR) is 80.3 cm³/mol. The molecule has 0 heterocycles. The van der Waals surface area contributed by atoms with E-state index in [2.05, 4.69) is 13.8 Å². The van der Waals surface area contributed by atoms with Gasteiger partial charge in [0.05, 0.1) is 6.61 Å². The SMILES string of the molecule is CCCN(CCC)C(=O)COc1cccc(OCC)c1. The average molecular weight is 279 g/mol. The normalized spacial score (nSPS) is 10.2. The average Bonchev–Trinajstić information content (AvgIpc) is 2.45. The van der Waals surface area contributed by atoms with Crippen LogP contribution in [0, 0.1) is 0 Å². The van der Waals surface area contributed by atoms with Crippen molar-refractivity contribution >= 4 is 5.91 Å². The molecule has 0 radical (unpaired) electrons. The molecule has 1 aromatic carbocycles. The van der Waals surface area contributed by atoms with Crippen molar-refractivity contribution in [3.05, 3.63) is 24.3 Å². The topological polar surface area (TPSA) is 38.8 Å². The quantitative estimate of drug-likeness (QED) is 0.697. The highest BCUT2D eigenvalue weighted by molar-refractivity contribution is 5.77. The minimum atomic E-state index is 0.0375. The van der Waals surface area contributed by atoms with Crippen molar-refractivity contribution in [2.24, 2.45) is 0 Å². The molecule has 0 N–H and O–H groups in total. The summed E-state index contributed by atoms with van der Waals surface area (Å²) in [6.07, 6.45) is 1.93. The van der Waals surface area contributed by atoms with E-state index in [-0.39, 0.29) is 12.5 Å². The van der Waals surface area contributed by atoms with Crippen molar-refractivity contribution in [1.29, 1.82) is 0 Å². The number of amides is 1. The Morgan fingerprint density at radius 3 is 2.20 bits per heavy atom. The van der Waals surface area contributed by atoms with Gasteiger partial charge >= 0.3 is 0 Å². The summed E-state index contributed by atoms with van der Waals surface area (Å²) in [5.74, 6) is 1.46. The zero-order valence-corrected chi connectivity index (χ0v) is 12.7. The first-order chi connectivity index (χ1) is 9.71. The highest BCUT2D eigenvalue weighted by atomic mass is 16.5. The Kier molecular flexibility index (Phi) is 7.55. The van der Waals surface area contributed by atoms with Crippen LogP contribution in [0.15, 0.2) is 24.3 Å². The smallest absolute Gasteiger partial charge is 0.260 e. The van der Waals surface area contributed by atoms with Crippen LogP contribution in [0.2, 0.25) is 0 Å². The summed E-state index contributed by atoms with van der Waals surface area (Å²) in [7, 11) is 0. The van der Waals surface area contributed by atoms with Crippen molar-refractivity contribution in [2.45, 2.75) is 33.6 Å². The Morgan fingerprint density at radius 1 is 1.05 bits per heavy atom. The Morgan fingerprint density at radius 2 is 1.65 bits per heavy atom. The third kappa shape index (κ3) is 5.51. The standard InChI is InChI=1S/C16H25NO3/c1-4-10-17(11-5-2)16(18)13-20-15-9-7-8-14(12-15)19-6-3/h7-9,12H,4-6,10-11,13H2,1-3H3. The minimum absolute atomic E-state index is 0.0375. The number of nitrogens with zero attached hydrogens (tertiary/aromatic N) is 1. The molecular formula is C16H25NO3. The number of benzene rings is 1. The van der Waals surface area contributed by atoms with Crippen molar-refractivity contribution in [1.82, 2.24) is 4.90 Å². The van der Waals surface area contributed by atoms with E-state index in [1.165, 1.54) is 0 Å². The molecule has 4 nitrogen and oxygen atoms in total. The van der Waals surface area contributed by atoms with Crippen molar-refractivity contribution < 1.29 is 14.3 Å². The number of hydrogen-bond donors (Lipinski definition) is 0. The van der Waals surface area contributed by atoms with Gasteiger partial charge in [-0.05, 0) is 31.9 Å². The first-order valence-electron chi connectivity index (χ1n) is 7.34. The molecule has 1 aromatic rings. The van der Waals surface area contributed by atoms with Crippen molar-refractivity contribution in [3.8, 4) is 11.5 Å². The number of rotatable bonds is 9. The fraction of sp³-hybridized carbons (Fsp3) is 0.562. The Balaban J connectivity index is 2.52. The van der Waals surface area contributed by atoms with Crippen LogP contribution in [-0.2, 0) is 4.79 Å². The van der Waals surface area contributed by atoms with Gasteiger partial charge in [-0.1, -0.05) is 19.9 Å². The molecule has 4 heteroatoms. The highest BCUT2D eigenvalue weighted by Crippen LogP contribution is 2.19. The third-order valence-electron chi connectivity index (χ3n) is 2.82. The summed E-state index contributed by atoms with van der Waals surface area (Å²) in [5.41, 5.74) is 0. The van der Waals surface area contributed by atoms with Gasteiger partial charge in [-0.25, -0.2) is 0 Å². The zero-order chi connectivity index (χ0) is 14.8. The molecule has 0 aliphatic heterocycles.